The van der Waals surface area contributed by atoms with E-state index < -0.39 is 0 Å². The molecule has 32 heavy (non-hydrogen) atoms. The molecular weight excluding hydrogens is 424 g/mol. The maximum atomic E-state index is 12.8. The maximum absolute atomic E-state index is 12.8. The van der Waals surface area contributed by atoms with Crippen LogP contribution < -0.4 is 5.56 Å². The summed E-state index contributed by atoms with van der Waals surface area (Å²) in [6, 6.07) is 15.9. The van der Waals surface area contributed by atoms with E-state index >= 15 is 0 Å². The average Bonchev–Trinajstić information content (AvgIpc) is 3.54. The van der Waals surface area contributed by atoms with Gasteiger partial charge in [0.1, 0.15) is 12.3 Å². The Hall–Kier alpha value is -3.56. The third kappa shape index (κ3) is 4.53. The summed E-state index contributed by atoms with van der Waals surface area (Å²) in [5.74, 6) is 1.50. The highest BCUT2D eigenvalue weighted by atomic mass is 32.1. The Kier molecular flexibility index (Phi) is 5.66. The second-order valence-electron chi connectivity index (χ2n) is 7.77. The van der Waals surface area contributed by atoms with Crippen molar-refractivity contribution in [3.05, 3.63) is 98.1 Å². The Balaban J connectivity index is 1.43. The number of H-pyrrole nitrogens is 1. The van der Waals surface area contributed by atoms with Crippen LogP contribution in [-0.2, 0) is 26.2 Å². The zero-order valence-corrected chi connectivity index (χ0v) is 18.4. The van der Waals surface area contributed by atoms with E-state index in [4.69, 9.17) is 4.42 Å². The Morgan fingerprint density at radius 3 is 2.88 bits per heavy atom. The summed E-state index contributed by atoms with van der Waals surface area (Å²) in [4.78, 5) is 19.2. The quantitative estimate of drug-likeness (QED) is 0.390. The Morgan fingerprint density at radius 2 is 2.06 bits per heavy atom. The van der Waals surface area contributed by atoms with E-state index in [0.717, 1.165) is 22.2 Å². The van der Waals surface area contributed by atoms with Gasteiger partial charge in [0, 0.05) is 29.0 Å². The monoisotopic (exact) mass is 446 g/mol. The molecule has 0 saturated heterocycles. The molecule has 1 N–H and O–H groups in total. The number of fused-ring (bicyclic) bond motifs is 1. The summed E-state index contributed by atoms with van der Waals surface area (Å²) >= 11 is 1.69. The molecule has 0 unspecified atom stereocenters. The van der Waals surface area contributed by atoms with Crippen molar-refractivity contribution in [3.63, 3.8) is 0 Å². The number of nitrogens with one attached hydrogen (secondary N) is 1. The van der Waals surface area contributed by atoms with Crippen molar-refractivity contribution in [2.75, 3.05) is 0 Å². The van der Waals surface area contributed by atoms with Gasteiger partial charge in [0.25, 0.3) is 5.56 Å². The molecule has 0 aliphatic rings. The molecule has 0 amide bonds. The summed E-state index contributed by atoms with van der Waals surface area (Å²) in [5.41, 5.74) is 2.60. The van der Waals surface area contributed by atoms with E-state index in [1.807, 2.05) is 43.3 Å². The van der Waals surface area contributed by atoms with Crippen molar-refractivity contribution in [1.29, 1.82) is 0 Å². The maximum Gasteiger partial charge on any atom is 0.252 e. The van der Waals surface area contributed by atoms with Crippen LogP contribution in [0.25, 0.3) is 10.9 Å². The molecule has 0 aliphatic heterocycles. The fourth-order valence-electron chi connectivity index (χ4n) is 3.72. The number of hydrogen-bond donors (Lipinski definition) is 1. The Morgan fingerprint density at radius 1 is 1.12 bits per heavy atom. The molecule has 0 saturated carbocycles. The largest absolute Gasteiger partial charge is 0.467 e. The van der Waals surface area contributed by atoms with Gasteiger partial charge >= 0.3 is 0 Å². The van der Waals surface area contributed by atoms with E-state index in [0.29, 0.717) is 37.6 Å². The molecule has 5 rings (SSSR count). The van der Waals surface area contributed by atoms with E-state index in [1.165, 1.54) is 4.88 Å². The van der Waals surface area contributed by atoms with Gasteiger partial charge in [-0.25, -0.2) is 4.68 Å². The molecule has 0 spiro atoms. The summed E-state index contributed by atoms with van der Waals surface area (Å²) < 4.78 is 7.17. The molecule has 5 aromatic rings. The normalized spacial score (nSPS) is 11.6. The molecule has 8 nitrogen and oxygen atoms in total. The van der Waals surface area contributed by atoms with Gasteiger partial charge in [-0.3, -0.25) is 9.69 Å². The number of aromatic amines is 1. The Labute approximate surface area is 188 Å². The fourth-order valence-corrected chi connectivity index (χ4v) is 4.46. The summed E-state index contributed by atoms with van der Waals surface area (Å²) in [7, 11) is 0. The first kappa shape index (κ1) is 20.3. The minimum Gasteiger partial charge on any atom is -0.467 e. The van der Waals surface area contributed by atoms with E-state index in [1.54, 1.807) is 22.3 Å². The number of aromatic nitrogens is 5. The second-order valence-corrected chi connectivity index (χ2v) is 8.80. The number of pyridine rings is 1. The van der Waals surface area contributed by atoms with Crippen LogP contribution in [0, 0.1) is 6.92 Å². The lowest BCUT2D eigenvalue weighted by atomic mass is 10.1. The van der Waals surface area contributed by atoms with Crippen LogP contribution in [0.5, 0.6) is 0 Å². The van der Waals surface area contributed by atoms with Crippen LogP contribution in [0.2, 0.25) is 0 Å². The predicted molar refractivity (Wildman–Crippen MR) is 122 cm³/mol. The fraction of sp³-hybridized carbons (Fsp3) is 0.217. The lowest BCUT2D eigenvalue weighted by molar-refractivity contribution is 0.237. The van der Waals surface area contributed by atoms with Crippen LogP contribution in [-0.4, -0.2) is 30.1 Å². The van der Waals surface area contributed by atoms with Gasteiger partial charge in [-0.2, -0.15) is 0 Å². The third-order valence-corrected chi connectivity index (χ3v) is 6.15. The number of aryl methyl sites for hydroxylation is 1. The third-order valence-electron chi connectivity index (χ3n) is 5.29. The van der Waals surface area contributed by atoms with Crippen molar-refractivity contribution >= 4 is 22.2 Å². The van der Waals surface area contributed by atoms with Crippen LogP contribution in [0.1, 0.15) is 27.6 Å². The highest BCUT2D eigenvalue weighted by Crippen LogP contribution is 2.18. The van der Waals surface area contributed by atoms with Gasteiger partial charge in [0.2, 0.25) is 0 Å². The van der Waals surface area contributed by atoms with E-state index in [2.05, 4.69) is 42.9 Å². The highest BCUT2D eigenvalue weighted by molar-refractivity contribution is 7.09. The van der Waals surface area contributed by atoms with Crippen LogP contribution >= 0.6 is 11.3 Å². The van der Waals surface area contributed by atoms with Crippen molar-refractivity contribution in [2.45, 2.75) is 33.1 Å². The number of tetrazole rings is 1. The van der Waals surface area contributed by atoms with Crippen LogP contribution in [0.3, 0.4) is 0 Å². The zero-order valence-electron chi connectivity index (χ0n) is 17.6. The van der Waals surface area contributed by atoms with Gasteiger partial charge in [-0.15, -0.1) is 16.4 Å². The van der Waals surface area contributed by atoms with Gasteiger partial charge in [-0.05, 0) is 64.0 Å². The van der Waals surface area contributed by atoms with Crippen molar-refractivity contribution in [2.24, 2.45) is 0 Å². The van der Waals surface area contributed by atoms with Crippen molar-refractivity contribution in [3.8, 4) is 0 Å². The minimum absolute atomic E-state index is 0.0746. The van der Waals surface area contributed by atoms with E-state index in [9.17, 15) is 4.79 Å². The first-order chi connectivity index (χ1) is 15.6. The number of nitrogens with zero attached hydrogens (tertiary/aromatic N) is 5. The molecule has 0 fully saturated rings. The number of thiophene rings is 1. The number of furan rings is 1. The molecule has 0 atom stereocenters. The molecule has 4 aromatic heterocycles. The molecule has 4 heterocycles. The summed E-state index contributed by atoms with van der Waals surface area (Å²) in [6.07, 6.45) is 1.63. The first-order valence-electron chi connectivity index (χ1n) is 10.3. The smallest absolute Gasteiger partial charge is 0.252 e. The zero-order chi connectivity index (χ0) is 21.9. The van der Waals surface area contributed by atoms with Gasteiger partial charge in [-0.1, -0.05) is 18.2 Å². The Bertz CT molecular complexity index is 1370. The predicted octanol–water partition coefficient (Wildman–Crippen LogP) is 3.73. The lowest BCUT2D eigenvalue weighted by Gasteiger charge is -2.21. The van der Waals surface area contributed by atoms with E-state index in [-0.39, 0.29) is 5.56 Å². The SMILES string of the molecule is Cc1ccc2cc(CN(Cc3cccs3)Cc3nnnn3Cc3ccco3)c(=O)[nH]c2c1. The topological polar surface area (TPSA) is 92.8 Å². The molecule has 9 heteroatoms. The van der Waals surface area contributed by atoms with Gasteiger partial charge in [0.05, 0.1) is 12.8 Å². The summed E-state index contributed by atoms with van der Waals surface area (Å²) in [5, 5.41) is 15.3. The van der Waals surface area contributed by atoms with Crippen molar-refractivity contribution < 1.29 is 4.42 Å². The molecule has 1 aromatic carbocycles. The molecular formula is C23H22N6O2S. The average molecular weight is 447 g/mol. The number of benzene rings is 1. The first-order valence-corrected chi connectivity index (χ1v) is 11.2. The van der Waals surface area contributed by atoms with Gasteiger partial charge < -0.3 is 9.40 Å². The molecule has 0 aliphatic carbocycles. The lowest BCUT2D eigenvalue weighted by Crippen LogP contribution is -2.27. The standard InChI is InChI=1S/C23H22N6O2S/c1-16-6-7-17-11-18(23(30)24-21(17)10-16)12-28(14-20-5-3-9-32-20)15-22-25-26-27-29(22)13-19-4-2-8-31-19/h2-11H,12-15H2,1H3,(H,24,30). The van der Waals surface area contributed by atoms with Gasteiger partial charge in [0.15, 0.2) is 5.82 Å². The highest BCUT2D eigenvalue weighted by Gasteiger charge is 2.17. The molecule has 162 valence electrons. The summed E-state index contributed by atoms with van der Waals surface area (Å²) in [6.45, 7) is 4.14. The number of hydrogen-bond acceptors (Lipinski definition) is 7. The minimum atomic E-state index is -0.0746. The molecule has 0 bridgehead atoms. The van der Waals surface area contributed by atoms with Crippen molar-refractivity contribution in [1.82, 2.24) is 30.1 Å². The van der Waals surface area contributed by atoms with Crippen LogP contribution in [0.15, 0.2) is 69.4 Å². The number of rotatable bonds is 8. The second kappa shape index (κ2) is 8.89. The van der Waals surface area contributed by atoms with Crippen LogP contribution in [0.4, 0.5) is 0 Å². The molecule has 0 radical (unpaired) electrons.